The number of pyridine rings is 1. The summed E-state index contributed by atoms with van der Waals surface area (Å²) in [6, 6.07) is 13.2. The maximum absolute atomic E-state index is 15.1. The van der Waals surface area contributed by atoms with Gasteiger partial charge in [-0.05, 0) is 42.5 Å². The largest absolute Gasteiger partial charge is 0.493 e. The number of benzene rings is 3. The molecule has 1 N–H and O–H groups in total. The Morgan fingerprint density at radius 2 is 1.59 bits per heavy atom. The van der Waals surface area contributed by atoms with Crippen LogP contribution in [0.1, 0.15) is 31.1 Å². The molecule has 1 heterocycles. The van der Waals surface area contributed by atoms with Gasteiger partial charge in [0.2, 0.25) is 0 Å². The van der Waals surface area contributed by atoms with Gasteiger partial charge in [0.05, 0.1) is 35.3 Å². The zero-order valence-electron chi connectivity index (χ0n) is 22.9. The number of nitrogens with zero attached hydrogens (tertiary/aromatic N) is 1. The highest BCUT2D eigenvalue weighted by atomic mass is 35.5. The first-order valence-electron chi connectivity index (χ1n) is 12.4. The van der Waals surface area contributed by atoms with Crippen molar-refractivity contribution in [2.75, 3.05) is 19.5 Å². The van der Waals surface area contributed by atoms with Gasteiger partial charge in [-0.3, -0.25) is 9.78 Å². The first-order chi connectivity index (χ1) is 19.4. The number of methoxy groups -OCH3 is 2. The number of hydrogen-bond acceptors (Lipinski definition) is 7. The van der Waals surface area contributed by atoms with Crippen LogP contribution in [0.4, 0.5) is 10.1 Å². The first kappa shape index (κ1) is 29.9. The Morgan fingerprint density at radius 1 is 0.878 bits per heavy atom. The highest BCUT2D eigenvalue weighted by Gasteiger charge is 2.35. The molecule has 0 radical (unpaired) electrons. The van der Waals surface area contributed by atoms with Gasteiger partial charge in [-0.1, -0.05) is 44.0 Å². The van der Waals surface area contributed by atoms with Crippen LogP contribution in [0, 0.1) is 11.2 Å². The van der Waals surface area contributed by atoms with Crippen LogP contribution in [0.25, 0.3) is 10.9 Å². The second-order valence-electron chi connectivity index (χ2n) is 10.1. The monoisotopic (exact) mass is 600 g/mol. The van der Waals surface area contributed by atoms with E-state index in [9.17, 15) is 9.59 Å². The van der Waals surface area contributed by atoms with Crippen LogP contribution in [0.3, 0.4) is 0 Å². The molecule has 0 aliphatic heterocycles. The summed E-state index contributed by atoms with van der Waals surface area (Å²) in [5.41, 5.74) is 0.0522. The maximum Gasteiger partial charge on any atom is 0.338 e. The van der Waals surface area contributed by atoms with Crippen LogP contribution in [0.2, 0.25) is 10.0 Å². The molecule has 1 unspecified atom stereocenters. The van der Waals surface area contributed by atoms with Crippen molar-refractivity contribution in [2.45, 2.75) is 26.9 Å². The molecule has 0 bridgehead atoms. The van der Waals surface area contributed by atoms with Crippen LogP contribution < -0.4 is 19.5 Å². The van der Waals surface area contributed by atoms with Crippen LogP contribution in [-0.2, 0) is 9.53 Å². The van der Waals surface area contributed by atoms with Gasteiger partial charge >= 0.3 is 5.97 Å². The molecule has 8 nitrogen and oxygen atoms in total. The van der Waals surface area contributed by atoms with Crippen LogP contribution in [-0.4, -0.2) is 37.2 Å². The minimum absolute atomic E-state index is 0.0799. The number of esters is 1. The number of anilines is 1. The minimum atomic E-state index is -1.21. The number of ether oxygens (including phenoxy) is 4. The quantitative estimate of drug-likeness (QED) is 0.207. The third-order valence-electron chi connectivity index (χ3n) is 6.03. The number of aromatic nitrogens is 1. The molecule has 1 atom stereocenters. The van der Waals surface area contributed by atoms with Crippen molar-refractivity contribution in [3.8, 4) is 23.0 Å². The predicted octanol–water partition coefficient (Wildman–Crippen LogP) is 7.70. The number of carbonyl (C=O) groups is 2. The number of nitrogens with one attached hydrogen (secondary N) is 1. The van der Waals surface area contributed by atoms with Gasteiger partial charge in [-0.25, -0.2) is 9.18 Å². The molecule has 0 fully saturated rings. The summed E-state index contributed by atoms with van der Waals surface area (Å²) in [6.45, 7) is 5.21. The normalized spacial score (nSPS) is 12.0. The fourth-order valence-corrected chi connectivity index (χ4v) is 4.24. The second-order valence-corrected chi connectivity index (χ2v) is 10.9. The van der Waals surface area contributed by atoms with Crippen molar-refractivity contribution >= 4 is 51.7 Å². The summed E-state index contributed by atoms with van der Waals surface area (Å²) in [4.78, 5) is 30.3. The molecule has 0 aliphatic rings. The van der Waals surface area contributed by atoms with Crippen molar-refractivity contribution in [3.05, 3.63) is 82.2 Å². The molecule has 11 heteroatoms. The van der Waals surface area contributed by atoms with Gasteiger partial charge in [-0.15, -0.1) is 0 Å². The van der Waals surface area contributed by atoms with Crippen LogP contribution >= 0.6 is 23.2 Å². The summed E-state index contributed by atoms with van der Waals surface area (Å²) < 4.78 is 37.2. The van der Waals surface area contributed by atoms with Crippen LogP contribution in [0.15, 0.2) is 60.8 Å². The van der Waals surface area contributed by atoms with E-state index in [1.807, 2.05) is 0 Å². The second kappa shape index (κ2) is 12.2. The van der Waals surface area contributed by atoms with Gasteiger partial charge in [0.25, 0.3) is 5.91 Å². The van der Waals surface area contributed by atoms with E-state index in [-0.39, 0.29) is 27.0 Å². The zero-order chi connectivity index (χ0) is 29.9. The van der Waals surface area contributed by atoms with E-state index in [1.165, 1.54) is 50.7 Å². The molecule has 1 amide bonds. The molecule has 3 aromatic carbocycles. The van der Waals surface area contributed by atoms with E-state index < -0.39 is 29.2 Å². The van der Waals surface area contributed by atoms with E-state index in [1.54, 1.807) is 39.0 Å². The van der Waals surface area contributed by atoms with Crippen molar-refractivity contribution in [3.63, 3.8) is 0 Å². The molecular formula is C30H27Cl2FN2O6. The molecule has 0 aliphatic carbocycles. The van der Waals surface area contributed by atoms with Crippen LogP contribution in [0.5, 0.6) is 23.0 Å². The average Bonchev–Trinajstić information content (AvgIpc) is 2.93. The molecule has 0 spiro atoms. The topological polar surface area (TPSA) is 96.0 Å². The minimum Gasteiger partial charge on any atom is -0.493 e. The van der Waals surface area contributed by atoms with Gasteiger partial charge in [0.1, 0.15) is 5.75 Å². The lowest BCUT2D eigenvalue weighted by Gasteiger charge is -2.29. The van der Waals surface area contributed by atoms with Gasteiger partial charge in [0, 0.05) is 34.8 Å². The lowest BCUT2D eigenvalue weighted by molar-refractivity contribution is -0.130. The van der Waals surface area contributed by atoms with Gasteiger partial charge < -0.3 is 24.3 Å². The third-order valence-corrected chi connectivity index (χ3v) is 6.77. The lowest BCUT2D eigenvalue weighted by atomic mass is 9.88. The van der Waals surface area contributed by atoms with Crippen molar-refractivity contribution < 1.29 is 32.9 Å². The van der Waals surface area contributed by atoms with Gasteiger partial charge in [0.15, 0.2) is 29.2 Å². The Labute approximate surface area is 246 Å². The van der Waals surface area contributed by atoms with E-state index in [0.29, 0.717) is 28.2 Å². The fourth-order valence-electron chi connectivity index (χ4n) is 3.95. The lowest BCUT2D eigenvalue weighted by Crippen LogP contribution is -2.42. The summed E-state index contributed by atoms with van der Waals surface area (Å²) in [5, 5.41) is 3.65. The summed E-state index contributed by atoms with van der Waals surface area (Å²) in [6.07, 6.45) is 0.320. The molecule has 0 saturated heterocycles. The average molecular weight is 601 g/mol. The van der Waals surface area contributed by atoms with Crippen molar-refractivity contribution in [1.82, 2.24) is 4.98 Å². The Kier molecular flexibility index (Phi) is 8.89. The summed E-state index contributed by atoms with van der Waals surface area (Å²) >= 11 is 11.9. The Balaban J connectivity index is 1.53. The first-order valence-corrected chi connectivity index (χ1v) is 13.1. The highest BCUT2D eigenvalue weighted by molar-refractivity contribution is 6.42. The Hall–Kier alpha value is -4.08. The molecule has 41 heavy (non-hydrogen) atoms. The fraction of sp³-hybridized carbons (Fsp3) is 0.233. The maximum atomic E-state index is 15.1. The van der Waals surface area contributed by atoms with E-state index in [4.69, 9.17) is 42.1 Å². The molecule has 4 rings (SSSR count). The number of amides is 1. The number of rotatable bonds is 8. The number of hydrogen-bond donors (Lipinski definition) is 1. The smallest absolute Gasteiger partial charge is 0.338 e. The van der Waals surface area contributed by atoms with Gasteiger partial charge in [-0.2, -0.15) is 0 Å². The molecular weight excluding hydrogens is 574 g/mol. The Bertz CT molecular complexity index is 1620. The SMILES string of the molecule is COc1cc2nccc(Oc3ccc(NC(=O)C(OC(=O)c4ccc(Cl)c(Cl)c4)C(C)(C)C)cc3F)c2cc1OC. The molecule has 0 saturated carbocycles. The highest BCUT2D eigenvalue weighted by Crippen LogP contribution is 2.37. The number of carbonyl (C=O) groups excluding carboxylic acids is 2. The predicted molar refractivity (Wildman–Crippen MR) is 155 cm³/mol. The van der Waals surface area contributed by atoms with Crippen molar-refractivity contribution in [1.29, 1.82) is 0 Å². The number of halogens is 3. The molecule has 214 valence electrons. The zero-order valence-corrected chi connectivity index (χ0v) is 24.4. The van der Waals surface area contributed by atoms with Crippen molar-refractivity contribution in [2.24, 2.45) is 5.41 Å². The van der Waals surface area contributed by atoms with E-state index in [2.05, 4.69) is 10.3 Å². The molecule has 4 aromatic rings. The third kappa shape index (κ3) is 6.81. The van der Waals surface area contributed by atoms with E-state index in [0.717, 1.165) is 6.07 Å². The summed E-state index contributed by atoms with van der Waals surface area (Å²) in [7, 11) is 3.02. The standard InChI is InChI=1S/C30H27Cl2FN2O6/c1-30(2,3)27(41-29(37)16-6-8-19(31)20(32)12-16)28(36)35-17-7-9-24(21(33)13-17)40-23-10-11-34-22-15-26(39-5)25(38-4)14-18(22)23/h6-15,27H,1-5H3,(H,35,36). The Morgan fingerprint density at radius 3 is 2.22 bits per heavy atom. The summed E-state index contributed by atoms with van der Waals surface area (Å²) in [5.74, 6) is -0.907. The van der Waals surface area contributed by atoms with E-state index >= 15 is 4.39 Å². The number of fused-ring (bicyclic) bond motifs is 1. The molecule has 1 aromatic heterocycles.